The fourth-order valence-electron chi connectivity index (χ4n) is 2.09. The largest absolute Gasteiger partial charge is 0.393 e. The van der Waals surface area contributed by atoms with Crippen LogP contribution in [0.3, 0.4) is 0 Å². The van der Waals surface area contributed by atoms with E-state index in [4.69, 9.17) is 5.11 Å². The molecule has 6 heteroatoms. The van der Waals surface area contributed by atoms with Gasteiger partial charge in [-0.05, 0) is 37.3 Å². The van der Waals surface area contributed by atoms with Crippen LogP contribution in [0, 0.1) is 28.8 Å². The van der Waals surface area contributed by atoms with Crippen molar-refractivity contribution in [1.29, 1.82) is 0 Å². The summed E-state index contributed by atoms with van der Waals surface area (Å²) in [5.74, 6) is -0.253. The number of hydrogen-bond acceptors (Lipinski definition) is 4. The summed E-state index contributed by atoms with van der Waals surface area (Å²) >= 11 is 0. The molecule has 5 nitrogen and oxygen atoms in total. The molecule has 1 aliphatic rings. The number of nitro groups is 1. The maximum atomic E-state index is 13.3. The van der Waals surface area contributed by atoms with Gasteiger partial charge in [-0.2, -0.15) is 0 Å². The number of nitrogens with one attached hydrogen (secondary N) is 1. The highest BCUT2D eigenvalue weighted by molar-refractivity contribution is 5.63. The molecule has 1 fully saturated rings. The van der Waals surface area contributed by atoms with Crippen LogP contribution in [0.15, 0.2) is 12.1 Å². The fraction of sp³-hybridized carbons (Fsp3) is 0.500. The highest BCUT2D eigenvalue weighted by atomic mass is 19.1. The Kier molecular flexibility index (Phi) is 3.47. The van der Waals surface area contributed by atoms with E-state index in [9.17, 15) is 14.5 Å². The molecule has 0 aliphatic heterocycles. The SMILES string of the molecule is Cc1cc(NCC2CC(O)C2)c([N+](=O)[O-])cc1F. The molecule has 2 N–H and O–H groups in total. The van der Waals surface area contributed by atoms with Crippen molar-refractivity contribution >= 4 is 11.4 Å². The second-order valence-corrected chi connectivity index (χ2v) is 4.75. The predicted octanol–water partition coefficient (Wildman–Crippen LogP) is 2.23. The minimum atomic E-state index is -0.597. The van der Waals surface area contributed by atoms with Crippen LogP contribution < -0.4 is 5.32 Å². The van der Waals surface area contributed by atoms with Crippen LogP contribution in [0.4, 0.5) is 15.8 Å². The van der Waals surface area contributed by atoms with Crippen molar-refractivity contribution < 1.29 is 14.4 Å². The van der Waals surface area contributed by atoms with Gasteiger partial charge in [0.2, 0.25) is 0 Å². The van der Waals surface area contributed by atoms with E-state index in [1.54, 1.807) is 6.92 Å². The topological polar surface area (TPSA) is 75.4 Å². The molecule has 0 heterocycles. The van der Waals surface area contributed by atoms with Crippen LogP contribution >= 0.6 is 0 Å². The van der Waals surface area contributed by atoms with Crippen LogP contribution in [0.1, 0.15) is 18.4 Å². The molecule has 0 radical (unpaired) electrons. The Morgan fingerprint density at radius 1 is 1.56 bits per heavy atom. The monoisotopic (exact) mass is 254 g/mol. The number of benzene rings is 1. The van der Waals surface area contributed by atoms with E-state index in [-0.39, 0.29) is 11.8 Å². The minimum absolute atomic E-state index is 0.248. The van der Waals surface area contributed by atoms with Crippen molar-refractivity contribution in [3.05, 3.63) is 33.6 Å². The Balaban J connectivity index is 2.10. The van der Waals surface area contributed by atoms with Gasteiger partial charge in [0.25, 0.3) is 5.69 Å². The van der Waals surface area contributed by atoms with E-state index in [0.29, 0.717) is 36.6 Å². The van der Waals surface area contributed by atoms with Gasteiger partial charge in [0.1, 0.15) is 11.5 Å². The van der Waals surface area contributed by atoms with Gasteiger partial charge >= 0.3 is 0 Å². The lowest BCUT2D eigenvalue weighted by Crippen LogP contribution is -2.33. The number of nitrogens with zero attached hydrogens (tertiary/aromatic N) is 1. The van der Waals surface area contributed by atoms with Gasteiger partial charge in [0, 0.05) is 6.54 Å². The molecule has 18 heavy (non-hydrogen) atoms. The summed E-state index contributed by atoms with van der Waals surface area (Å²) in [6.07, 6.45) is 1.17. The third-order valence-corrected chi connectivity index (χ3v) is 3.27. The Hall–Kier alpha value is -1.69. The van der Waals surface area contributed by atoms with E-state index < -0.39 is 10.7 Å². The van der Waals surface area contributed by atoms with Gasteiger partial charge in [0.15, 0.2) is 0 Å². The molecule has 1 saturated carbocycles. The fourth-order valence-corrected chi connectivity index (χ4v) is 2.09. The number of halogens is 1. The zero-order valence-electron chi connectivity index (χ0n) is 10.0. The summed E-state index contributed by atoms with van der Waals surface area (Å²) in [5.41, 5.74) is 0.454. The summed E-state index contributed by atoms with van der Waals surface area (Å²) in [5, 5.41) is 22.9. The lowest BCUT2D eigenvalue weighted by molar-refractivity contribution is -0.384. The van der Waals surface area contributed by atoms with Crippen molar-refractivity contribution in [2.45, 2.75) is 25.9 Å². The number of nitro benzene ring substituents is 1. The lowest BCUT2D eigenvalue weighted by Gasteiger charge is -2.31. The van der Waals surface area contributed by atoms with Crippen molar-refractivity contribution in [1.82, 2.24) is 0 Å². The molecule has 1 aliphatic carbocycles. The standard InChI is InChI=1S/C12H15FN2O3/c1-7-2-11(12(15(17)18)5-10(7)13)14-6-8-3-9(16)4-8/h2,5,8-9,14,16H,3-4,6H2,1H3. The summed E-state index contributed by atoms with van der Waals surface area (Å²) in [6, 6.07) is 2.38. The first-order valence-corrected chi connectivity index (χ1v) is 5.84. The first-order valence-electron chi connectivity index (χ1n) is 5.84. The molecule has 1 aromatic rings. The first kappa shape index (κ1) is 12.8. The van der Waals surface area contributed by atoms with E-state index in [0.717, 1.165) is 6.07 Å². The van der Waals surface area contributed by atoms with Gasteiger partial charge in [-0.15, -0.1) is 0 Å². The van der Waals surface area contributed by atoms with Crippen LogP contribution in [-0.2, 0) is 0 Å². The van der Waals surface area contributed by atoms with Crippen LogP contribution in [0.25, 0.3) is 0 Å². The van der Waals surface area contributed by atoms with Gasteiger partial charge in [-0.3, -0.25) is 10.1 Å². The Labute approximate surface area is 104 Å². The van der Waals surface area contributed by atoms with E-state index >= 15 is 0 Å². The summed E-state index contributed by atoms with van der Waals surface area (Å²) in [4.78, 5) is 10.2. The average molecular weight is 254 g/mol. The molecule has 0 bridgehead atoms. The smallest absolute Gasteiger partial charge is 0.295 e. The molecule has 0 atom stereocenters. The number of aliphatic hydroxyl groups excluding tert-OH is 1. The van der Waals surface area contributed by atoms with E-state index in [2.05, 4.69) is 5.32 Å². The van der Waals surface area contributed by atoms with Gasteiger partial charge in [0.05, 0.1) is 17.1 Å². The number of aliphatic hydroxyl groups is 1. The molecule has 0 unspecified atom stereocenters. The number of hydrogen-bond donors (Lipinski definition) is 2. The molecule has 0 saturated heterocycles. The number of anilines is 1. The second kappa shape index (κ2) is 4.89. The zero-order chi connectivity index (χ0) is 13.3. The summed E-state index contributed by atoms with van der Waals surface area (Å²) < 4.78 is 13.3. The third-order valence-electron chi connectivity index (χ3n) is 3.27. The van der Waals surface area contributed by atoms with Gasteiger partial charge in [-0.1, -0.05) is 0 Å². The lowest BCUT2D eigenvalue weighted by atomic mass is 9.82. The van der Waals surface area contributed by atoms with Crippen molar-refractivity contribution in [3.8, 4) is 0 Å². The molecular formula is C12H15FN2O3. The van der Waals surface area contributed by atoms with Crippen LogP contribution in [-0.4, -0.2) is 22.7 Å². The summed E-state index contributed by atoms with van der Waals surface area (Å²) in [6.45, 7) is 2.13. The molecule has 2 rings (SSSR count). The summed E-state index contributed by atoms with van der Waals surface area (Å²) in [7, 11) is 0. The molecular weight excluding hydrogens is 239 g/mol. The Bertz CT molecular complexity index is 473. The second-order valence-electron chi connectivity index (χ2n) is 4.75. The Morgan fingerprint density at radius 2 is 2.22 bits per heavy atom. The van der Waals surface area contributed by atoms with E-state index in [1.165, 1.54) is 6.07 Å². The average Bonchev–Trinajstić information content (AvgIpc) is 2.26. The van der Waals surface area contributed by atoms with Crippen molar-refractivity contribution in [3.63, 3.8) is 0 Å². The highest BCUT2D eigenvalue weighted by Gasteiger charge is 2.27. The first-order chi connectivity index (χ1) is 8.47. The zero-order valence-corrected chi connectivity index (χ0v) is 10.0. The Morgan fingerprint density at radius 3 is 2.78 bits per heavy atom. The van der Waals surface area contributed by atoms with E-state index in [1.807, 2.05) is 0 Å². The molecule has 0 amide bonds. The van der Waals surface area contributed by atoms with Crippen molar-refractivity contribution in [2.24, 2.45) is 5.92 Å². The number of aryl methyl sites for hydroxylation is 1. The highest BCUT2D eigenvalue weighted by Crippen LogP contribution is 2.31. The van der Waals surface area contributed by atoms with Gasteiger partial charge < -0.3 is 10.4 Å². The quantitative estimate of drug-likeness (QED) is 0.638. The van der Waals surface area contributed by atoms with Gasteiger partial charge in [-0.25, -0.2) is 4.39 Å². The number of rotatable bonds is 4. The molecule has 1 aromatic carbocycles. The molecule has 98 valence electrons. The predicted molar refractivity (Wildman–Crippen MR) is 65.0 cm³/mol. The van der Waals surface area contributed by atoms with Crippen LogP contribution in [0.5, 0.6) is 0 Å². The normalized spacial score (nSPS) is 22.4. The third kappa shape index (κ3) is 2.59. The maximum absolute atomic E-state index is 13.3. The maximum Gasteiger partial charge on any atom is 0.295 e. The van der Waals surface area contributed by atoms with Crippen molar-refractivity contribution in [2.75, 3.05) is 11.9 Å². The molecule has 0 aromatic heterocycles. The minimum Gasteiger partial charge on any atom is -0.393 e. The van der Waals surface area contributed by atoms with Crippen LogP contribution in [0.2, 0.25) is 0 Å². The molecule has 0 spiro atoms.